The average molecular weight is 424 g/mol. The summed E-state index contributed by atoms with van der Waals surface area (Å²) in [5.74, 6) is -0.537. The second-order valence-electron chi connectivity index (χ2n) is 5.44. The molecule has 0 unspecified atom stereocenters. The lowest BCUT2D eigenvalue weighted by Crippen LogP contribution is -2.27. The van der Waals surface area contributed by atoms with E-state index in [1.165, 1.54) is 24.3 Å². The molecule has 0 spiro atoms. The van der Waals surface area contributed by atoms with E-state index in [2.05, 4.69) is 4.74 Å². The monoisotopic (exact) mass is 424 g/mol. The highest BCUT2D eigenvalue weighted by molar-refractivity contribution is 7.90. The van der Waals surface area contributed by atoms with Gasteiger partial charge in [0.1, 0.15) is 5.75 Å². The fourth-order valence-corrected chi connectivity index (χ4v) is 4.00. The van der Waals surface area contributed by atoms with Gasteiger partial charge >= 0.3 is 6.36 Å². The second-order valence-corrected chi connectivity index (χ2v) is 9.04. The van der Waals surface area contributed by atoms with Gasteiger partial charge in [-0.25, -0.2) is 22.0 Å². The van der Waals surface area contributed by atoms with E-state index in [9.17, 15) is 30.0 Å². The van der Waals surface area contributed by atoms with Crippen molar-refractivity contribution < 1.29 is 34.7 Å². The minimum absolute atomic E-state index is 0.0245. The average Bonchev–Trinajstić information content (AvgIpc) is 2.54. The molecule has 2 aromatic carbocycles. The molecule has 148 valence electrons. The van der Waals surface area contributed by atoms with Crippen LogP contribution in [0.3, 0.4) is 0 Å². The van der Waals surface area contributed by atoms with E-state index in [0.29, 0.717) is 0 Å². The highest BCUT2D eigenvalue weighted by atomic mass is 32.2. The standard InChI is InChI=1S/C15H15F3N2O5S2/c1-20(10-11-5-2-3-8-14(11)25-15(16,17)18)27(23,24)13-7-4-6-12(9-13)26(19,21)22/h2-9H,10H2,1H3,(H2,19,21,22). The fraction of sp³-hybridized carbons (Fsp3) is 0.200. The Hall–Kier alpha value is -2.15. The molecule has 0 aliphatic rings. The SMILES string of the molecule is CN(Cc1ccccc1OC(F)(F)F)S(=O)(=O)c1cccc(S(N)(=O)=O)c1. The third kappa shape index (κ3) is 5.42. The van der Waals surface area contributed by atoms with Gasteiger partial charge in [-0.1, -0.05) is 24.3 Å². The Balaban J connectivity index is 2.35. The number of hydrogen-bond donors (Lipinski definition) is 1. The molecular formula is C15H15F3N2O5S2. The molecule has 7 nitrogen and oxygen atoms in total. The van der Waals surface area contributed by atoms with E-state index in [1.807, 2.05) is 0 Å². The second kappa shape index (κ2) is 7.46. The molecule has 0 heterocycles. The maximum Gasteiger partial charge on any atom is 0.573 e. The van der Waals surface area contributed by atoms with Crippen LogP contribution < -0.4 is 9.88 Å². The summed E-state index contributed by atoms with van der Waals surface area (Å²) < 4.78 is 90.2. The molecule has 0 amide bonds. The Morgan fingerprint density at radius 1 is 1.00 bits per heavy atom. The summed E-state index contributed by atoms with van der Waals surface area (Å²) in [6.07, 6.45) is -4.93. The van der Waals surface area contributed by atoms with E-state index in [-0.39, 0.29) is 10.5 Å². The van der Waals surface area contributed by atoms with Crippen LogP contribution in [0.4, 0.5) is 13.2 Å². The summed E-state index contributed by atoms with van der Waals surface area (Å²) in [5, 5.41) is 4.99. The number of sulfonamides is 2. The summed E-state index contributed by atoms with van der Waals surface area (Å²) >= 11 is 0. The van der Waals surface area contributed by atoms with Gasteiger partial charge in [-0.05, 0) is 24.3 Å². The molecule has 0 bridgehead atoms. The minimum Gasteiger partial charge on any atom is -0.405 e. The molecule has 0 saturated carbocycles. The van der Waals surface area contributed by atoms with Crippen molar-refractivity contribution in [3.63, 3.8) is 0 Å². The Morgan fingerprint density at radius 2 is 1.59 bits per heavy atom. The number of benzene rings is 2. The van der Waals surface area contributed by atoms with Crippen LogP contribution in [0.15, 0.2) is 58.3 Å². The van der Waals surface area contributed by atoms with Crippen LogP contribution in [-0.4, -0.2) is 34.6 Å². The number of alkyl halides is 3. The fourth-order valence-electron chi connectivity index (χ4n) is 2.18. The van der Waals surface area contributed by atoms with Gasteiger partial charge in [-0.3, -0.25) is 0 Å². The Labute approximate surface area is 154 Å². The molecule has 0 saturated heterocycles. The predicted octanol–water partition coefficient (Wildman–Crippen LogP) is 2.05. The number of primary sulfonamides is 1. The zero-order valence-corrected chi connectivity index (χ0v) is 15.5. The van der Waals surface area contributed by atoms with Gasteiger partial charge < -0.3 is 4.74 Å². The molecule has 2 aromatic rings. The Morgan fingerprint density at radius 3 is 2.19 bits per heavy atom. The largest absolute Gasteiger partial charge is 0.573 e. The molecule has 0 aromatic heterocycles. The summed E-state index contributed by atoms with van der Waals surface area (Å²) in [6, 6.07) is 9.44. The van der Waals surface area contributed by atoms with Gasteiger partial charge in [0.2, 0.25) is 20.0 Å². The van der Waals surface area contributed by atoms with Crippen LogP contribution >= 0.6 is 0 Å². The van der Waals surface area contributed by atoms with E-state index in [4.69, 9.17) is 5.14 Å². The van der Waals surface area contributed by atoms with Crippen LogP contribution in [0, 0.1) is 0 Å². The van der Waals surface area contributed by atoms with E-state index in [1.54, 1.807) is 0 Å². The van der Waals surface area contributed by atoms with Gasteiger partial charge in [-0.15, -0.1) is 13.2 Å². The minimum atomic E-state index is -4.93. The molecule has 0 atom stereocenters. The zero-order chi connectivity index (χ0) is 20.5. The molecule has 2 N–H and O–H groups in total. The van der Waals surface area contributed by atoms with Crippen LogP contribution in [0.25, 0.3) is 0 Å². The number of ether oxygens (including phenoxy) is 1. The maximum absolute atomic E-state index is 12.6. The molecule has 12 heteroatoms. The number of nitrogens with two attached hydrogens (primary N) is 1. The van der Waals surface area contributed by atoms with Crippen molar-refractivity contribution in [1.29, 1.82) is 0 Å². The third-order valence-corrected chi connectivity index (χ3v) is 6.14. The van der Waals surface area contributed by atoms with E-state index < -0.39 is 43.6 Å². The van der Waals surface area contributed by atoms with E-state index >= 15 is 0 Å². The first kappa shape index (κ1) is 21.2. The van der Waals surface area contributed by atoms with Gasteiger partial charge in [-0.2, -0.15) is 4.31 Å². The molecule has 0 aliphatic carbocycles. The van der Waals surface area contributed by atoms with Gasteiger partial charge in [0.15, 0.2) is 0 Å². The number of nitrogens with zero attached hydrogens (tertiary/aromatic N) is 1. The quantitative estimate of drug-likeness (QED) is 0.764. The van der Waals surface area contributed by atoms with E-state index in [0.717, 1.165) is 35.6 Å². The molecule has 0 radical (unpaired) electrons. The third-order valence-electron chi connectivity index (χ3n) is 3.43. The van der Waals surface area contributed by atoms with Crippen molar-refractivity contribution in [2.45, 2.75) is 22.7 Å². The van der Waals surface area contributed by atoms with Crippen molar-refractivity contribution >= 4 is 20.0 Å². The Kier molecular flexibility index (Phi) is 5.85. The summed E-state index contributed by atoms with van der Waals surface area (Å²) in [4.78, 5) is -0.775. The first-order chi connectivity index (χ1) is 12.3. The lowest BCUT2D eigenvalue weighted by molar-refractivity contribution is -0.274. The van der Waals surface area contributed by atoms with Crippen molar-refractivity contribution in [2.75, 3.05) is 7.05 Å². The summed E-state index contributed by atoms with van der Waals surface area (Å²) in [5.41, 5.74) is -0.0245. The number of halogens is 3. The summed E-state index contributed by atoms with van der Waals surface area (Å²) in [7, 11) is -7.19. The lowest BCUT2D eigenvalue weighted by Gasteiger charge is -2.20. The zero-order valence-electron chi connectivity index (χ0n) is 13.8. The van der Waals surface area contributed by atoms with Gasteiger partial charge in [0.05, 0.1) is 9.79 Å². The predicted molar refractivity (Wildman–Crippen MR) is 89.6 cm³/mol. The van der Waals surface area contributed by atoms with Crippen LogP contribution in [0.2, 0.25) is 0 Å². The highest BCUT2D eigenvalue weighted by Gasteiger charge is 2.32. The topological polar surface area (TPSA) is 107 Å². The van der Waals surface area contributed by atoms with Gasteiger partial charge in [0.25, 0.3) is 0 Å². The van der Waals surface area contributed by atoms with Crippen molar-refractivity contribution in [3.8, 4) is 5.75 Å². The van der Waals surface area contributed by atoms with Crippen LogP contribution in [0.1, 0.15) is 5.56 Å². The van der Waals surface area contributed by atoms with Crippen molar-refractivity contribution in [2.24, 2.45) is 5.14 Å². The number of rotatable bonds is 6. The molecule has 2 rings (SSSR count). The van der Waals surface area contributed by atoms with Crippen LogP contribution in [-0.2, 0) is 26.6 Å². The first-order valence-electron chi connectivity index (χ1n) is 7.23. The lowest BCUT2D eigenvalue weighted by atomic mass is 10.2. The molecular weight excluding hydrogens is 409 g/mol. The first-order valence-corrected chi connectivity index (χ1v) is 10.2. The van der Waals surface area contributed by atoms with Crippen LogP contribution in [0.5, 0.6) is 5.75 Å². The van der Waals surface area contributed by atoms with Gasteiger partial charge in [0, 0.05) is 19.2 Å². The highest BCUT2D eigenvalue weighted by Crippen LogP contribution is 2.28. The normalized spacial score (nSPS) is 13.0. The van der Waals surface area contributed by atoms with Crippen molar-refractivity contribution in [1.82, 2.24) is 4.31 Å². The van der Waals surface area contributed by atoms with Crippen molar-refractivity contribution in [3.05, 3.63) is 54.1 Å². The summed E-state index contributed by atoms with van der Waals surface area (Å²) in [6.45, 7) is -0.436. The number of para-hydroxylation sites is 1. The Bertz CT molecular complexity index is 1040. The smallest absolute Gasteiger partial charge is 0.405 e. The maximum atomic E-state index is 12.6. The molecule has 27 heavy (non-hydrogen) atoms. The number of hydrogen-bond acceptors (Lipinski definition) is 5. The molecule has 0 fully saturated rings. The molecule has 0 aliphatic heterocycles.